The van der Waals surface area contributed by atoms with Crippen LogP contribution >= 0.6 is 11.6 Å². The summed E-state index contributed by atoms with van der Waals surface area (Å²) in [6.45, 7) is 7.88. The Hall–Kier alpha value is -2.03. The summed E-state index contributed by atoms with van der Waals surface area (Å²) in [6.07, 6.45) is 1.81. The standard InChI is InChI=1S/C23H29ClN2O5S/c1-11(2)15-7-8-17(24)19(12(3)4)20(15)25-23(28)26-32(29,30)18-10-16-21(27)13-5-6-14(9-13)22(16)31-18/h7-8,10-14,21,27H,5-6,9H2,1-4H3,(H2,25,26,28). The number of carbonyl (C=O) groups excluding carboxylic acids is 1. The van der Waals surface area contributed by atoms with E-state index in [0.29, 0.717) is 22.0 Å². The van der Waals surface area contributed by atoms with Gasteiger partial charge in [0.1, 0.15) is 5.76 Å². The van der Waals surface area contributed by atoms with E-state index in [1.54, 1.807) is 6.07 Å². The fraction of sp³-hybridized carbons (Fsp3) is 0.522. The molecule has 0 radical (unpaired) electrons. The maximum absolute atomic E-state index is 12.9. The summed E-state index contributed by atoms with van der Waals surface area (Å²) in [7, 11) is -4.26. The number of aliphatic hydroxyl groups excluding tert-OH is 1. The molecular weight excluding hydrogens is 452 g/mol. The average molecular weight is 481 g/mol. The van der Waals surface area contributed by atoms with Gasteiger partial charge in [-0.15, -0.1) is 0 Å². The van der Waals surface area contributed by atoms with Crippen molar-refractivity contribution < 1.29 is 22.7 Å². The number of benzene rings is 1. The molecule has 2 bridgehead atoms. The molecule has 3 unspecified atom stereocenters. The van der Waals surface area contributed by atoms with Crippen molar-refractivity contribution >= 4 is 33.3 Å². The Morgan fingerprint density at radius 3 is 2.56 bits per heavy atom. The number of anilines is 1. The largest absolute Gasteiger partial charge is 0.447 e. The van der Waals surface area contributed by atoms with Gasteiger partial charge in [-0.3, -0.25) is 0 Å². The molecule has 2 aliphatic carbocycles. The third-order valence-electron chi connectivity index (χ3n) is 6.53. The molecule has 0 spiro atoms. The molecule has 7 nitrogen and oxygen atoms in total. The highest BCUT2D eigenvalue weighted by Gasteiger charge is 2.43. The van der Waals surface area contributed by atoms with Crippen LogP contribution in [-0.4, -0.2) is 19.6 Å². The topological polar surface area (TPSA) is 109 Å². The SMILES string of the molecule is CC(C)c1ccc(Cl)c(C(C)C)c1NC(=O)NS(=O)(=O)c1cc2c(o1)C1CCC(C1)C2O. The number of nitrogens with one attached hydrogen (secondary N) is 2. The Labute approximate surface area is 193 Å². The van der Waals surface area contributed by atoms with E-state index in [9.17, 15) is 18.3 Å². The van der Waals surface area contributed by atoms with E-state index in [0.717, 1.165) is 30.4 Å². The van der Waals surface area contributed by atoms with Crippen LogP contribution in [0.25, 0.3) is 0 Å². The van der Waals surface area contributed by atoms with Crippen molar-refractivity contribution in [2.45, 2.75) is 75.9 Å². The highest BCUT2D eigenvalue weighted by Crippen LogP contribution is 2.52. The Morgan fingerprint density at radius 1 is 1.19 bits per heavy atom. The molecule has 3 atom stereocenters. The number of hydrogen-bond acceptors (Lipinski definition) is 5. The molecule has 1 heterocycles. The number of halogens is 1. The third-order valence-corrected chi connectivity index (χ3v) is 8.05. The first-order chi connectivity index (χ1) is 15.0. The summed E-state index contributed by atoms with van der Waals surface area (Å²) in [5.74, 6) is 0.867. The normalized spacial score (nSPS) is 22.3. The highest BCUT2D eigenvalue weighted by molar-refractivity contribution is 7.89. The first kappa shape index (κ1) is 23.1. The third kappa shape index (κ3) is 4.04. The van der Waals surface area contributed by atoms with Crippen molar-refractivity contribution in [1.82, 2.24) is 4.72 Å². The van der Waals surface area contributed by atoms with Gasteiger partial charge in [-0.1, -0.05) is 45.4 Å². The summed E-state index contributed by atoms with van der Waals surface area (Å²) in [5, 5.41) is 13.4. The summed E-state index contributed by atoms with van der Waals surface area (Å²) in [5.41, 5.74) is 2.64. The van der Waals surface area contributed by atoms with Gasteiger partial charge < -0.3 is 14.8 Å². The van der Waals surface area contributed by atoms with Crippen LogP contribution in [-0.2, 0) is 10.0 Å². The lowest BCUT2D eigenvalue weighted by atomic mass is 9.86. The number of urea groups is 1. The number of rotatable bonds is 5. The fourth-order valence-electron chi connectivity index (χ4n) is 4.98. The van der Waals surface area contributed by atoms with Crippen molar-refractivity contribution in [2.24, 2.45) is 5.92 Å². The predicted octanol–water partition coefficient (Wildman–Crippen LogP) is 5.62. The zero-order chi connectivity index (χ0) is 23.4. The Kier molecular flexibility index (Phi) is 6.07. The van der Waals surface area contributed by atoms with Gasteiger partial charge in [0.05, 0.1) is 11.8 Å². The lowest BCUT2D eigenvalue weighted by Crippen LogP contribution is -2.35. The van der Waals surface area contributed by atoms with Gasteiger partial charge in [0.25, 0.3) is 10.0 Å². The molecule has 32 heavy (non-hydrogen) atoms. The van der Waals surface area contributed by atoms with Crippen LogP contribution in [0.15, 0.2) is 27.7 Å². The van der Waals surface area contributed by atoms with E-state index >= 15 is 0 Å². The first-order valence-electron chi connectivity index (χ1n) is 11.0. The van der Waals surface area contributed by atoms with Crippen molar-refractivity contribution in [3.05, 3.63) is 45.7 Å². The van der Waals surface area contributed by atoms with E-state index in [-0.39, 0.29) is 28.8 Å². The Bertz CT molecular complexity index is 1140. The molecule has 9 heteroatoms. The lowest BCUT2D eigenvalue weighted by molar-refractivity contribution is 0.101. The van der Waals surface area contributed by atoms with Gasteiger partial charge >= 0.3 is 6.03 Å². The molecule has 3 N–H and O–H groups in total. The summed E-state index contributed by atoms with van der Waals surface area (Å²) < 4.78 is 33.5. The van der Waals surface area contributed by atoms with Gasteiger partial charge in [-0.05, 0) is 54.2 Å². The maximum atomic E-state index is 12.9. The number of fused-ring (bicyclic) bond motifs is 4. The Balaban J connectivity index is 1.60. The second-order valence-electron chi connectivity index (χ2n) is 9.39. The highest BCUT2D eigenvalue weighted by atomic mass is 35.5. The average Bonchev–Trinajstić information content (AvgIpc) is 3.32. The minimum atomic E-state index is -4.26. The van der Waals surface area contributed by atoms with E-state index in [4.69, 9.17) is 16.0 Å². The van der Waals surface area contributed by atoms with Gasteiger partial charge in [-0.25, -0.2) is 9.52 Å². The van der Waals surface area contributed by atoms with E-state index in [2.05, 4.69) is 5.32 Å². The predicted molar refractivity (Wildman–Crippen MR) is 123 cm³/mol. The molecule has 2 amide bonds. The lowest BCUT2D eigenvalue weighted by Gasteiger charge is -2.23. The second-order valence-corrected chi connectivity index (χ2v) is 11.4. The van der Waals surface area contributed by atoms with Gasteiger partial charge in [0.2, 0.25) is 5.09 Å². The molecule has 4 rings (SSSR count). The quantitative estimate of drug-likeness (QED) is 0.514. The smallest absolute Gasteiger partial charge is 0.333 e. The van der Waals surface area contributed by atoms with Crippen LogP contribution in [0.3, 0.4) is 0 Å². The number of aliphatic hydroxyl groups is 1. The summed E-state index contributed by atoms with van der Waals surface area (Å²) in [4.78, 5) is 12.8. The van der Waals surface area contributed by atoms with E-state index in [1.807, 2.05) is 38.5 Å². The van der Waals surface area contributed by atoms with Crippen molar-refractivity contribution in [2.75, 3.05) is 5.32 Å². The van der Waals surface area contributed by atoms with Gasteiger partial charge in [0, 0.05) is 22.6 Å². The van der Waals surface area contributed by atoms with Crippen LogP contribution in [0.4, 0.5) is 10.5 Å². The molecule has 1 saturated carbocycles. The molecule has 0 aliphatic heterocycles. The van der Waals surface area contributed by atoms with Crippen LogP contribution < -0.4 is 10.0 Å². The number of amides is 2. The second kappa shape index (κ2) is 8.39. The number of carbonyl (C=O) groups is 1. The monoisotopic (exact) mass is 480 g/mol. The van der Waals surface area contributed by atoms with Crippen molar-refractivity contribution in [1.29, 1.82) is 0 Å². The first-order valence-corrected chi connectivity index (χ1v) is 12.8. The minimum Gasteiger partial charge on any atom is -0.447 e. The zero-order valence-electron chi connectivity index (χ0n) is 18.6. The van der Waals surface area contributed by atoms with E-state index < -0.39 is 22.2 Å². The zero-order valence-corrected chi connectivity index (χ0v) is 20.2. The summed E-state index contributed by atoms with van der Waals surface area (Å²) in [6, 6.07) is 4.07. The molecular formula is C23H29ClN2O5S. The molecule has 1 aromatic carbocycles. The molecule has 0 saturated heterocycles. The molecule has 2 aromatic rings. The van der Waals surface area contributed by atoms with Crippen molar-refractivity contribution in [3.8, 4) is 0 Å². The molecule has 174 valence electrons. The number of sulfonamides is 1. The fourth-order valence-corrected chi connectivity index (χ4v) is 6.23. The van der Waals surface area contributed by atoms with Crippen LogP contribution in [0.2, 0.25) is 5.02 Å². The van der Waals surface area contributed by atoms with Crippen LogP contribution in [0.1, 0.15) is 93.3 Å². The van der Waals surface area contributed by atoms with Gasteiger partial charge in [-0.2, -0.15) is 8.42 Å². The van der Waals surface area contributed by atoms with E-state index in [1.165, 1.54) is 6.07 Å². The maximum Gasteiger partial charge on any atom is 0.333 e. The van der Waals surface area contributed by atoms with Crippen molar-refractivity contribution in [3.63, 3.8) is 0 Å². The Morgan fingerprint density at radius 2 is 1.91 bits per heavy atom. The minimum absolute atomic E-state index is 0.0156. The summed E-state index contributed by atoms with van der Waals surface area (Å²) >= 11 is 6.39. The number of furan rings is 1. The number of hydrogen-bond donors (Lipinski definition) is 3. The van der Waals surface area contributed by atoms with Gasteiger partial charge in [0.15, 0.2) is 0 Å². The van der Waals surface area contributed by atoms with Crippen LogP contribution in [0, 0.1) is 5.92 Å². The van der Waals surface area contributed by atoms with Crippen LogP contribution in [0.5, 0.6) is 0 Å². The molecule has 2 aliphatic rings. The molecule has 1 aromatic heterocycles. The molecule has 1 fully saturated rings.